The molecule has 0 aliphatic carbocycles. The van der Waals surface area contributed by atoms with E-state index in [9.17, 15) is 14.9 Å². The molecule has 1 aromatic rings. The van der Waals surface area contributed by atoms with E-state index in [1.165, 1.54) is 6.07 Å². The predicted molar refractivity (Wildman–Crippen MR) is 78.0 cm³/mol. The van der Waals surface area contributed by atoms with Crippen molar-refractivity contribution < 1.29 is 9.72 Å². The Morgan fingerprint density at radius 1 is 1.45 bits per heavy atom. The predicted octanol–water partition coefficient (Wildman–Crippen LogP) is 1.28. The topological polar surface area (TPSA) is 84.3 Å². The number of carbonyl (C=O) groups excluding carboxylic acids is 1. The molecular formula is C13H18ClN3O3. The summed E-state index contributed by atoms with van der Waals surface area (Å²) in [5.41, 5.74) is 0.453. The minimum Gasteiger partial charge on any atom is -0.355 e. The minimum atomic E-state index is -0.455. The van der Waals surface area contributed by atoms with E-state index in [0.29, 0.717) is 18.0 Å². The van der Waals surface area contributed by atoms with E-state index in [0.717, 1.165) is 19.5 Å². The molecule has 1 atom stereocenters. The fourth-order valence-corrected chi connectivity index (χ4v) is 2.22. The van der Waals surface area contributed by atoms with Gasteiger partial charge < -0.3 is 10.6 Å². The molecule has 0 aromatic heterocycles. The average molecular weight is 300 g/mol. The Kier molecular flexibility index (Phi) is 6.41. The fraction of sp³-hybridized carbons (Fsp3) is 0.462. The first-order valence-electron chi connectivity index (χ1n) is 6.36. The van der Waals surface area contributed by atoms with Gasteiger partial charge in [-0.15, -0.1) is 12.4 Å². The number of hydrogen-bond donors (Lipinski definition) is 2. The Hall–Kier alpha value is -1.66. The summed E-state index contributed by atoms with van der Waals surface area (Å²) in [4.78, 5) is 22.2. The van der Waals surface area contributed by atoms with Gasteiger partial charge in [0, 0.05) is 18.2 Å². The highest BCUT2D eigenvalue weighted by atomic mass is 35.5. The smallest absolute Gasteiger partial charge is 0.273 e. The Bertz CT molecular complexity index is 476. The second-order valence-corrected chi connectivity index (χ2v) is 4.73. The molecular weight excluding hydrogens is 282 g/mol. The van der Waals surface area contributed by atoms with Gasteiger partial charge in [-0.05, 0) is 25.4 Å². The number of nitrogens with one attached hydrogen (secondary N) is 2. The largest absolute Gasteiger partial charge is 0.355 e. The van der Waals surface area contributed by atoms with E-state index in [1.807, 2.05) is 0 Å². The Labute approximate surface area is 123 Å². The summed E-state index contributed by atoms with van der Waals surface area (Å²) in [6, 6.07) is 6.35. The highest BCUT2D eigenvalue weighted by Crippen LogP contribution is 2.18. The van der Waals surface area contributed by atoms with Gasteiger partial charge in [-0.1, -0.05) is 18.2 Å². The molecule has 2 rings (SSSR count). The van der Waals surface area contributed by atoms with Crippen molar-refractivity contribution in [2.24, 2.45) is 5.92 Å². The van der Waals surface area contributed by atoms with Crippen LogP contribution in [0.2, 0.25) is 0 Å². The molecule has 1 saturated heterocycles. The number of benzene rings is 1. The number of rotatable bonds is 5. The quantitative estimate of drug-likeness (QED) is 0.634. The molecule has 0 bridgehead atoms. The molecule has 20 heavy (non-hydrogen) atoms. The van der Waals surface area contributed by atoms with Crippen molar-refractivity contribution in [2.45, 2.75) is 12.8 Å². The van der Waals surface area contributed by atoms with Gasteiger partial charge in [0.1, 0.15) is 0 Å². The van der Waals surface area contributed by atoms with E-state index in [2.05, 4.69) is 10.6 Å². The van der Waals surface area contributed by atoms with Crippen molar-refractivity contribution in [1.82, 2.24) is 10.6 Å². The third-order valence-electron chi connectivity index (χ3n) is 3.29. The van der Waals surface area contributed by atoms with Gasteiger partial charge in [0.2, 0.25) is 5.91 Å². The van der Waals surface area contributed by atoms with Gasteiger partial charge in [-0.25, -0.2) is 0 Å². The number of amides is 1. The zero-order valence-corrected chi connectivity index (χ0v) is 11.8. The molecule has 110 valence electrons. The maximum atomic E-state index is 11.8. The van der Waals surface area contributed by atoms with Crippen molar-refractivity contribution in [3.63, 3.8) is 0 Å². The molecule has 1 heterocycles. The summed E-state index contributed by atoms with van der Waals surface area (Å²) in [6.45, 7) is 2.54. The maximum Gasteiger partial charge on any atom is 0.273 e. The summed E-state index contributed by atoms with van der Waals surface area (Å²) in [6.07, 6.45) is 1.11. The molecule has 0 spiro atoms. The summed E-state index contributed by atoms with van der Waals surface area (Å²) in [7, 11) is 0. The molecule has 1 unspecified atom stereocenters. The number of halogens is 1. The highest BCUT2D eigenvalue weighted by molar-refractivity contribution is 5.85. The van der Waals surface area contributed by atoms with Crippen LogP contribution in [0.4, 0.5) is 5.69 Å². The van der Waals surface area contributed by atoms with Gasteiger partial charge in [0.25, 0.3) is 5.69 Å². The summed E-state index contributed by atoms with van der Waals surface area (Å²) >= 11 is 0. The van der Waals surface area contributed by atoms with Gasteiger partial charge in [-0.3, -0.25) is 14.9 Å². The lowest BCUT2D eigenvalue weighted by atomic mass is 10.1. The molecule has 2 N–H and O–H groups in total. The maximum absolute atomic E-state index is 11.8. The SMILES string of the molecule is Cl.O=C(Cc1ccccc1[N+](=O)[O-])NCC1CCNC1. The normalized spacial score (nSPS) is 17.3. The molecule has 6 nitrogen and oxygen atoms in total. The minimum absolute atomic E-state index is 0. The monoisotopic (exact) mass is 299 g/mol. The summed E-state index contributed by atoms with van der Waals surface area (Å²) < 4.78 is 0. The van der Waals surface area contributed by atoms with Crippen LogP contribution in [0, 0.1) is 16.0 Å². The fourth-order valence-electron chi connectivity index (χ4n) is 2.22. The van der Waals surface area contributed by atoms with Gasteiger partial charge in [0.15, 0.2) is 0 Å². The molecule has 1 aliphatic heterocycles. The second kappa shape index (κ2) is 7.81. The second-order valence-electron chi connectivity index (χ2n) is 4.73. The molecule has 1 amide bonds. The van der Waals surface area contributed by atoms with Crippen LogP contribution in [-0.2, 0) is 11.2 Å². The molecule has 1 fully saturated rings. The zero-order chi connectivity index (χ0) is 13.7. The standard InChI is InChI=1S/C13H17N3O3.ClH/c17-13(15-9-10-5-6-14-8-10)7-11-3-1-2-4-12(11)16(18)19;/h1-4,10,14H,5-9H2,(H,15,17);1H. The van der Waals surface area contributed by atoms with E-state index in [1.54, 1.807) is 18.2 Å². The summed E-state index contributed by atoms with van der Waals surface area (Å²) in [5, 5.41) is 16.9. The van der Waals surface area contributed by atoms with Crippen LogP contribution in [0.3, 0.4) is 0 Å². The number of para-hydroxylation sites is 1. The van der Waals surface area contributed by atoms with Crippen molar-refractivity contribution in [2.75, 3.05) is 19.6 Å². The van der Waals surface area contributed by atoms with E-state index < -0.39 is 4.92 Å². The Balaban J connectivity index is 0.00000200. The number of nitro benzene ring substituents is 1. The van der Waals surface area contributed by atoms with Gasteiger partial charge in [0.05, 0.1) is 11.3 Å². The van der Waals surface area contributed by atoms with Crippen LogP contribution < -0.4 is 10.6 Å². The Morgan fingerprint density at radius 3 is 2.85 bits per heavy atom. The first-order valence-corrected chi connectivity index (χ1v) is 6.36. The van der Waals surface area contributed by atoms with E-state index in [4.69, 9.17) is 0 Å². The number of hydrogen-bond acceptors (Lipinski definition) is 4. The molecule has 1 aromatic carbocycles. The van der Waals surface area contributed by atoms with Crippen LogP contribution in [-0.4, -0.2) is 30.5 Å². The number of nitrogens with zero attached hydrogens (tertiary/aromatic N) is 1. The number of carbonyl (C=O) groups is 1. The molecule has 0 radical (unpaired) electrons. The third-order valence-corrected chi connectivity index (χ3v) is 3.29. The van der Waals surface area contributed by atoms with Crippen LogP contribution in [0.25, 0.3) is 0 Å². The highest BCUT2D eigenvalue weighted by Gasteiger charge is 2.18. The molecule has 0 saturated carbocycles. The van der Waals surface area contributed by atoms with E-state index >= 15 is 0 Å². The van der Waals surface area contributed by atoms with Crippen molar-refractivity contribution >= 4 is 24.0 Å². The van der Waals surface area contributed by atoms with E-state index in [-0.39, 0.29) is 30.4 Å². The lowest BCUT2D eigenvalue weighted by Crippen LogP contribution is -2.31. The van der Waals surface area contributed by atoms with Crippen molar-refractivity contribution in [1.29, 1.82) is 0 Å². The third kappa shape index (κ3) is 4.47. The van der Waals surface area contributed by atoms with Crippen molar-refractivity contribution in [3.05, 3.63) is 39.9 Å². The molecule has 7 heteroatoms. The first-order chi connectivity index (χ1) is 9.16. The van der Waals surface area contributed by atoms with Crippen LogP contribution >= 0.6 is 12.4 Å². The van der Waals surface area contributed by atoms with Crippen LogP contribution in [0.5, 0.6) is 0 Å². The van der Waals surface area contributed by atoms with Crippen LogP contribution in [0.15, 0.2) is 24.3 Å². The zero-order valence-electron chi connectivity index (χ0n) is 11.0. The average Bonchev–Trinajstić information content (AvgIpc) is 2.90. The number of nitro groups is 1. The lowest BCUT2D eigenvalue weighted by Gasteiger charge is -2.10. The van der Waals surface area contributed by atoms with Crippen LogP contribution in [0.1, 0.15) is 12.0 Å². The first kappa shape index (κ1) is 16.4. The summed E-state index contributed by atoms with van der Waals surface area (Å²) in [5.74, 6) is 0.302. The molecule has 1 aliphatic rings. The van der Waals surface area contributed by atoms with Crippen molar-refractivity contribution in [3.8, 4) is 0 Å². The lowest BCUT2D eigenvalue weighted by molar-refractivity contribution is -0.385. The van der Waals surface area contributed by atoms with Gasteiger partial charge in [-0.2, -0.15) is 0 Å². The Morgan fingerprint density at radius 2 is 2.20 bits per heavy atom. The van der Waals surface area contributed by atoms with Gasteiger partial charge >= 0.3 is 0 Å².